The molecule has 0 aliphatic carbocycles. The molecule has 2 atom stereocenters. The average molecular weight is 359 g/mol. The van der Waals surface area contributed by atoms with Gasteiger partial charge in [0.1, 0.15) is 11.0 Å². The molecule has 0 radical (unpaired) electrons. The maximum atomic E-state index is 12.6. The van der Waals surface area contributed by atoms with E-state index in [4.69, 9.17) is 9.52 Å². The van der Waals surface area contributed by atoms with Crippen LogP contribution in [0.2, 0.25) is 0 Å². The van der Waals surface area contributed by atoms with Crippen LogP contribution < -0.4 is 10.3 Å². The molecule has 0 saturated carbocycles. The number of anilines is 1. The fourth-order valence-corrected chi connectivity index (χ4v) is 3.49. The van der Waals surface area contributed by atoms with E-state index in [1.807, 2.05) is 31.2 Å². The van der Waals surface area contributed by atoms with Gasteiger partial charge in [-0.15, -0.1) is 0 Å². The number of hydrogen-bond donors (Lipinski definition) is 2. The molecule has 1 aromatic carbocycles. The minimum atomic E-state index is -1.02. The van der Waals surface area contributed by atoms with Crippen molar-refractivity contribution < 1.29 is 19.1 Å². The molecule has 0 spiro atoms. The fourth-order valence-electron chi connectivity index (χ4n) is 2.40. The van der Waals surface area contributed by atoms with Crippen molar-refractivity contribution in [2.24, 2.45) is 5.10 Å². The molecule has 1 aromatic heterocycles. The van der Waals surface area contributed by atoms with Crippen molar-refractivity contribution in [3.63, 3.8) is 0 Å². The SMILES string of the molecule is CC(NN=C1SC(CC(=O)O)C(=O)N1c1ccccc1)c1ccco1. The van der Waals surface area contributed by atoms with Gasteiger partial charge < -0.3 is 9.52 Å². The van der Waals surface area contributed by atoms with Crippen molar-refractivity contribution in [1.29, 1.82) is 0 Å². The van der Waals surface area contributed by atoms with Crippen LogP contribution >= 0.6 is 11.8 Å². The number of amides is 1. The van der Waals surface area contributed by atoms with Gasteiger partial charge in [0.25, 0.3) is 0 Å². The van der Waals surface area contributed by atoms with Gasteiger partial charge in [0.2, 0.25) is 5.91 Å². The number of benzene rings is 1. The third kappa shape index (κ3) is 3.85. The monoisotopic (exact) mass is 359 g/mol. The molecule has 8 heteroatoms. The molecule has 1 amide bonds. The van der Waals surface area contributed by atoms with Crippen molar-refractivity contribution in [1.82, 2.24) is 5.43 Å². The van der Waals surface area contributed by atoms with Crippen molar-refractivity contribution in [3.8, 4) is 0 Å². The number of thioether (sulfide) groups is 1. The van der Waals surface area contributed by atoms with E-state index in [0.717, 1.165) is 11.8 Å². The summed E-state index contributed by atoms with van der Waals surface area (Å²) in [5.74, 6) is -0.589. The van der Waals surface area contributed by atoms with E-state index in [9.17, 15) is 9.59 Å². The van der Waals surface area contributed by atoms with E-state index in [0.29, 0.717) is 16.6 Å². The van der Waals surface area contributed by atoms with Crippen LogP contribution in [0.4, 0.5) is 5.69 Å². The summed E-state index contributed by atoms with van der Waals surface area (Å²) in [5, 5.41) is 13.1. The second-order valence-corrected chi connectivity index (χ2v) is 6.64. The highest BCUT2D eigenvalue weighted by Gasteiger charge is 2.40. The number of rotatable bonds is 6. The maximum absolute atomic E-state index is 12.6. The Hall–Kier alpha value is -2.74. The second kappa shape index (κ2) is 7.43. The molecule has 1 fully saturated rings. The number of carboxylic acids is 1. The van der Waals surface area contributed by atoms with E-state index in [1.165, 1.54) is 4.90 Å². The lowest BCUT2D eigenvalue weighted by atomic mass is 10.2. The van der Waals surface area contributed by atoms with E-state index in [2.05, 4.69) is 10.5 Å². The van der Waals surface area contributed by atoms with Crippen LogP contribution in [0.25, 0.3) is 0 Å². The molecule has 130 valence electrons. The number of furan rings is 1. The third-order valence-corrected chi connectivity index (χ3v) is 4.77. The minimum absolute atomic E-state index is 0.186. The number of hydrogen-bond acceptors (Lipinski definition) is 6. The highest BCUT2D eigenvalue weighted by molar-refractivity contribution is 8.16. The summed E-state index contributed by atoms with van der Waals surface area (Å²) in [6.45, 7) is 1.88. The van der Waals surface area contributed by atoms with E-state index < -0.39 is 11.2 Å². The smallest absolute Gasteiger partial charge is 0.305 e. The number of nitrogens with zero attached hydrogens (tertiary/aromatic N) is 2. The highest BCUT2D eigenvalue weighted by Crippen LogP contribution is 2.33. The summed E-state index contributed by atoms with van der Waals surface area (Å²) in [6.07, 6.45) is 1.33. The van der Waals surface area contributed by atoms with Crippen LogP contribution in [-0.2, 0) is 9.59 Å². The molecule has 1 saturated heterocycles. The molecular formula is C17H17N3O4S. The van der Waals surface area contributed by atoms with Gasteiger partial charge in [0.15, 0.2) is 5.17 Å². The van der Waals surface area contributed by atoms with Crippen molar-refractivity contribution in [2.75, 3.05) is 4.90 Å². The zero-order valence-corrected chi connectivity index (χ0v) is 14.3. The van der Waals surface area contributed by atoms with Crippen molar-refractivity contribution >= 4 is 34.5 Å². The average Bonchev–Trinajstić information content (AvgIpc) is 3.22. The number of para-hydroxylation sites is 1. The van der Waals surface area contributed by atoms with Gasteiger partial charge in [0, 0.05) is 0 Å². The summed E-state index contributed by atoms with van der Waals surface area (Å²) in [7, 11) is 0. The van der Waals surface area contributed by atoms with Gasteiger partial charge in [-0.1, -0.05) is 30.0 Å². The van der Waals surface area contributed by atoms with Crippen LogP contribution in [0.5, 0.6) is 0 Å². The maximum Gasteiger partial charge on any atom is 0.305 e. The van der Waals surface area contributed by atoms with Gasteiger partial charge >= 0.3 is 5.97 Å². The summed E-state index contributed by atoms with van der Waals surface area (Å²) >= 11 is 1.14. The zero-order valence-electron chi connectivity index (χ0n) is 13.5. The number of amidine groups is 1. The van der Waals surface area contributed by atoms with Gasteiger partial charge in [-0.3, -0.25) is 19.9 Å². The summed E-state index contributed by atoms with van der Waals surface area (Å²) in [4.78, 5) is 25.1. The predicted molar refractivity (Wildman–Crippen MR) is 95.3 cm³/mol. The first-order valence-corrected chi connectivity index (χ1v) is 8.58. The quantitative estimate of drug-likeness (QED) is 0.770. The molecule has 2 N–H and O–H groups in total. The van der Waals surface area contributed by atoms with Crippen LogP contribution in [0, 0.1) is 0 Å². The zero-order chi connectivity index (χ0) is 17.8. The number of aliphatic carboxylic acids is 1. The fraction of sp³-hybridized carbons (Fsp3) is 0.235. The summed E-state index contributed by atoms with van der Waals surface area (Å²) in [5.41, 5.74) is 3.61. The van der Waals surface area contributed by atoms with Gasteiger partial charge in [-0.05, 0) is 31.2 Å². The lowest BCUT2D eigenvalue weighted by Gasteiger charge is -2.17. The molecule has 25 heavy (non-hydrogen) atoms. The van der Waals surface area contributed by atoms with Crippen molar-refractivity contribution in [2.45, 2.75) is 24.6 Å². The summed E-state index contributed by atoms with van der Waals surface area (Å²) < 4.78 is 5.32. The number of nitrogens with one attached hydrogen (secondary N) is 1. The molecular weight excluding hydrogens is 342 g/mol. The first-order valence-electron chi connectivity index (χ1n) is 7.70. The number of hydrazone groups is 1. The normalized spacial score (nSPS) is 20.0. The van der Waals surface area contributed by atoms with Gasteiger partial charge in [-0.25, -0.2) is 0 Å². The molecule has 3 rings (SSSR count). The topological polar surface area (TPSA) is 95.1 Å². The second-order valence-electron chi connectivity index (χ2n) is 5.47. The van der Waals surface area contributed by atoms with E-state index >= 15 is 0 Å². The molecule has 2 aromatic rings. The molecule has 1 aliphatic heterocycles. The van der Waals surface area contributed by atoms with Crippen LogP contribution in [0.1, 0.15) is 25.1 Å². The minimum Gasteiger partial charge on any atom is -0.481 e. The molecule has 1 aliphatic rings. The molecule has 0 bridgehead atoms. The van der Waals surface area contributed by atoms with Crippen molar-refractivity contribution in [3.05, 3.63) is 54.5 Å². The Kier molecular flexibility index (Phi) is 5.08. The van der Waals surface area contributed by atoms with Crippen LogP contribution in [-0.4, -0.2) is 27.4 Å². The molecule has 2 heterocycles. The Morgan fingerprint density at radius 2 is 2.12 bits per heavy atom. The van der Waals surface area contributed by atoms with Crippen LogP contribution in [0.3, 0.4) is 0 Å². The molecule has 2 unspecified atom stereocenters. The van der Waals surface area contributed by atoms with Gasteiger partial charge in [0.05, 0.1) is 24.4 Å². The summed E-state index contributed by atoms with van der Waals surface area (Å²) in [6, 6.07) is 12.5. The first kappa shape index (κ1) is 17.1. The number of carboxylic acid groups (broad SMARTS) is 1. The standard InChI is InChI=1S/C17H17N3O4S/c1-11(13-8-5-9-24-13)18-19-17-20(12-6-3-2-4-7-12)16(23)14(25-17)10-15(21)22/h2-9,11,14,18H,10H2,1H3,(H,21,22). The van der Waals surface area contributed by atoms with Crippen LogP contribution in [0.15, 0.2) is 58.2 Å². The molecule has 7 nitrogen and oxygen atoms in total. The first-order chi connectivity index (χ1) is 12.1. The van der Waals surface area contributed by atoms with E-state index in [1.54, 1.807) is 24.5 Å². The number of carbonyl (C=O) groups excluding carboxylic acids is 1. The Bertz CT molecular complexity index is 776. The Labute approximate surface area is 148 Å². The predicted octanol–water partition coefficient (Wildman–Crippen LogP) is 2.82. The van der Waals surface area contributed by atoms with E-state index in [-0.39, 0.29) is 18.4 Å². The number of carbonyl (C=O) groups is 2. The lowest BCUT2D eigenvalue weighted by molar-refractivity contribution is -0.138. The third-order valence-electron chi connectivity index (χ3n) is 3.63. The Morgan fingerprint density at radius 1 is 1.36 bits per heavy atom. The Balaban J connectivity index is 1.84. The highest BCUT2D eigenvalue weighted by atomic mass is 32.2. The van der Waals surface area contributed by atoms with Gasteiger partial charge in [-0.2, -0.15) is 5.10 Å². The lowest BCUT2D eigenvalue weighted by Crippen LogP contribution is -2.33. The Morgan fingerprint density at radius 3 is 2.76 bits per heavy atom. The largest absolute Gasteiger partial charge is 0.481 e.